The molecule has 2 aromatic heterocycles. The Hall–Kier alpha value is -2.41. The molecule has 1 atom stereocenters. The number of aromatic nitrogens is 2. The second-order valence-electron chi connectivity index (χ2n) is 7.44. The Labute approximate surface area is 147 Å². The number of hydrogen-bond donors (Lipinski definition) is 2. The number of nitrogens with two attached hydrogens (primary N) is 1. The first-order valence-corrected chi connectivity index (χ1v) is 8.53. The summed E-state index contributed by atoms with van der Waals surface area (Å²) >= 11 is 0. The molecule has 0 saturated carbocycles. The van der Waals surface area contributed by atoms with Crippen LogP contribution in [-0.4, -0.2) is 39.9 Å². The van der Waals surface area contributed by atoms with Gasteiger partial charge in [-0.2, -0.15) is 0 Å². The average Bonchev–Trinajstić information content (AvgIpc) is 3.22. The summed E-state index contributed by atoms with van der Waals surface area (Å²) in [5.41, 5.74) is 6.19. The van der Waals surface area contributed by atoms with E-state index in [9.17, 15) is 4.79 Å². The quantitative estimate of drug-likeness (QED) is 0.883. The molecule has 0 spiro atoms. The minimum Gasteiger partial charge on any atom is -0.467 e. The number of anilines is 1. The van der Waals surface area contributed by atoms with Gasteiger partial charge in [-0.05, 0) is 18.6 Å². The van der Waals surface area contributed by atoms with Gasteiger partial charge in [-0.25, -0.2) is 9.97 Å². The molecule has 2 aromatic rings. The zero-order chi connectivity index (χ0) is 18.0. The van der Waals surface area contributed by atoms with E-state index in [-0.39, 0.29) is 17.4 Å². The summed E-state index contributed by atoms with van der Waals surface area (Å²) < 4.78 is 5.35. The van der Waals surface area contributed by atoms with E-state index < -0.39 is 0 Å². The zero-order valence-corrected chi connectivity index (χ0v) is 15.0. The molecular weight excluding hydrogens is 318 g/mol. The minimum atomic E-state index is -0.210. The molecule has 1 aliphatic rings. The molecule has 1 aliphatic heterocycles. The lowest BCUT2D eigenvalue weighted by atomic mass is 9.95. The smallest absolute Gasteiger partial charge is 0.259 e. The van der Waals surface area contributed by atoms with Gasteiger partial charge in [0.15, 0.2) is 0 Å². The van der Waals surface area contributed by atoms with Crippen LogP contribution in [-0.2, 0) is 12.0 Å². The molecule has 7 nitrogen and oxygen atoms in total. The van der Waals surface area contributed by atoms with Crippen molar-refractivity contribution in [3.8, 4) is 0 Å². The average molecular weight is 343 g/mol. The molecule has 1 amide bonds. The normalized spacial score (nSPS) is 17.8. The summed E-state index contributed by atoms with van der Waals surface area (Å²) in [7, 11) is 0. The second kappa shape index (κ2) is 6.84. The van der Waals surface area contributed by atoms with Crippen LogP contribution in [0.4, 0.5) is 5.82 Å². The van der Waals surface area contributed by atoms with Gasteiger partial charge in [0.05, 0.1) is 12.8 Å². The molecule has 134 valence electrons. The molecule has 3 heterocycles. The molecule has 25 heavy (non-hydrogen) atoms. The molecule has 3 N–H and O–H groups in total. The highest BCUT2D eigenvalue weighted by molar-refractivity contribution is 5.98. The summed E-state index contributed by atoms with van der Waals surface area (Å²) in [6, 6.07) is 3.74. The van der Waals surface area contributed by atoms with Gasteiger partial charge in [0, 0.05) is 30.7 Å². The van der Waals surface area contributed by atoms with Gasteiger partial charge in [0.1, 0.15) is 23.0 Å². The lowest BCUT2D eigenvalue weighted by molar-refractivity contribution is 0.0791. The Kier molecular flexibility index (Phi) is 4.76. The summed E-state index contributed by atoms with van der Waals surface area (Å²) in [6.45, 7) is 7.81. The number of rotatable bonds is 4. The van der Waals surface area contributed by atoms with Crippen LogP contribution >= 0.6 is 0 Å². The highest BCUT2D eigenvalue weighted by Gasteiger charge is 2.28. The van der Waals surface area contributed by atoms with Crippen molar-refractivity contribution >= 4 is 11.7 Å². The maximum Gasteiger partial charge on any atom is 0.259 e. The van der Waals surface area contributed by atoms with Crippen molar-refractivity contribution in [3.05, 3.63) is 41.7 Å². The molecule has 7 heteroatoms. The highest BCUT2D eigenvalue weighted by Crippen LogP contribution is 2.24. The van der Waals surface area contributed by atoms with Crippen molar-refractivity contribution in [2.75, 3.05) is 18.4 Å². The SMILES string of the molecule is CC(C)(C)c1ncc(C(=O)N2CCC(N)C2)c(NCc2ccco2)n1. The predicted molar refractivity (Wildman–Crippen MR) is 95.3 cm³/mol. The van der Waals surface area contributed by atoms with Crippen LogP contribution in [0.25, 0.3) is 0 Å². The predicted octanol–water partition coefficient (Wildman–Crippen LogP) is 2.15. The third kappa shape index (κ3) is 3.99. The number of carbonyl (C=O) groups excluding carboxylic acids is 1. The maximum absolute atomic E-state index is 12.9. The van der Waals surface area contributed by atoms with E-state index in [1.807, 2.05) is 32.9 Å². The second-order valence-corrected chi connectivity index (χ2v) is 7.44. The molecule has 1 saturated heterocycles. The van der Waals surface area contributed by atoms with E-state index in [4.69, 9.17) is 10.2 Å². The fourth-order valence-corrected chi connectivity index (χ4v) is 2.76. The summed E-state index contributed by atoms with van der Waals surface area (Å²) in [4.78, 5) is 23.7. The van der Waals surface area contributed by atoms with Crippen LogP contribution in [0.15, 0.2) is 29.0 Å². The number of furan rings is 1. The first-order valence-electron chi connectivity index (χ1n) is 8.53. The number of carbonyl (C=O) groups is 1. The van der Waals surface area contributed by atoms with Crippen molar-refractivity contribution in [1.29, 1.82) is 0 Å². The van der Waals surface area contributed by atoms with Crippen LogP contribution in [0.5, 0.6) is 0 Å². The van der Waals surface area contributed by atoms with E-state index in [1.54, 1.807) is 17.4 Å². The largest absolute Gasteiger partial charge is 0.467 e. The van der Waals surface area contributed by atoms with Crippen LogP contribution in [0.1, 0.15) is 49.1 Å². The van der Waals surface area contributed by atoms with Crippen molar-refractivity contribution in [2.45, 2.75) is 45.2 Å². The molecule has 0 aromatic carbocycles. The molecule has 0 radical (unpaired) electrons. The zero-order valence-electron chi connectivity index (χ0n) is 15.0. The fraction of sp³-hybridized carbons (Fsp3) is 0.500. The van der Waals surface area contributed by atoms with Gasteiger partial charge in [-0.1, -0.05) is 20.8 Å². The monoisotopic (exact) mass is 343 g/mol. The molecule has 0 aliphatic carbocycles. The third-order valence-corrected chi connectivity index (χ3v) is 4.21. The van der Waals surface area contributed by atoms with Gasteiger partial charge in [0.25, 0.3) is 5.91 Å². The summed E-state index contributed by atoms with van der Waals surface area (Å²) in [6.07, 6.45) is 4.06. The van der Waals surface area contributed by atoms with Crippen molar-refractivity contribution in [3.63, 3.8) is 0 Å². The summed E-state index contributed by atoms with van der Waals surface area (Å²) in [5.74, 6) is 1.90. The number of likely N-dealkylation sites (tertiary alicyclic amines) is 1. The fourth-order valence-electron chi connectivity index (χ4n) is 2.76. The van der Waals surface area contributed by atoms with Crippen LogP contribution in [0.3, 0.4) is 0 Å². The van der Waals surface area contributed by atoms with Gasteiger partial charge < -0.3 is 20.4 Å². The highest BCUT2D eigenvalue weighted by atomic mass is 16.3. The topological polar surface area (TPSA) is 97.3 Å². The Balaban J connectivity index is 1.88. The first kappa shape index (κ1) is 17.4. The molecule has 0 bridgehead atoms. The maximum atomic E-state index is 12.9. The third-order valence-electron chi connectivity index (χ3n) is 4.21. The first-order chi connectivity index (χ1) is 11.8. The van der Waals surface area contributed by atoms with E-state index >= 15 is 0 Å². The number of nitrogens with one attached hydrogen (secondary N) is 1. The number of nitrogens with zero attached hydrogens (tertiary/aromatic N) is 3. The van der Waals surface area contributed by atoms with Gasteiger partial charge in [-0.3, -0.25) is 4.79 Å². The Morgan fingerprint density at radius 2 is 2.28 bits per heavy atom. The number of amides is 1. The van der Waals surface area contributed by atoms with Gasteiger partial charge in [0.2, 0.25) is 0 Å². The number of hydrogen-bond acceptors (Lipinski definition) is 6. The Bertz CT molecular complexity index is 736. The van der Waals surface area contributed by atoms with Crippen molar-refractivity contribution in [2.24, 2.45) is 5.73 Å². The summed E-state index contributed by atoms with van der Waals surface area (Å²) in [5, 5.41) is 3.22. The van der Waals surface area contributed by atoms with Crippen LogP contribution in [0, 0.1) is 0 Å². The van der Waals surface area contributed by atoms with E-state index in [0.29, 0.717) is 36.8 Å². The van der Waals surface area contributed by atoms with E-state index in [0.717, 1.165) is 12.2 Å². The van der Waals surface area contributed by atoms with E-state index in [1.165, 1.54) is 0 Å². The van der Waals surface area contributed by atoms with Gasteiger partial charge >= 0.3 is 0 Å². The van der Waals surface area contributed by atoms with Crippen LogP contribution < -0.4 is 11.1 Å². The lowest BCUT2D eigenvalue weighted by Gasteiger charge is -2.21. The van der Waals surface area contributed by atoms with Gasteiger partial charge in [-0.15, -0.1) is 0 Å². The van der Waals surface area contributed by atoms with E-state index in [2.05, 4.69) is 15.3 Å². The molecule has 1 unspecified atom stereocenters. The lowest BCUT2D eigenvalue weighted by Crippen LogP contribution is -2.33. The van der Waals surface area contributed by atoms with Crippen LogP contribution in [0.2, 0.25) is 0 Å². The van der Waals surface area contributed by atoms with Crippen molar-refractivity contribution in [1.82, 2.24) is 14.9 Å². The minimum absolute atomic E-state index is 0.0400. The molecular formula is C18H25N5O2. The standard InChI is InChI=1S/C18H25N5O2/c1-18(2,3)17-21-10-14(16(24)23-7-6-12(19)11-23)15(22-17)20-9-13-5-4-8-25-13/h4-5,8,10,12H,6-7,9,11,19H2,1-3H3,(H,20,21,22). The Morgan fingerprint density at radius 3 is 2.88 bits per heavy atom. The molecule has 1 fully saturated rings. The molecule has 3 rings (SSSR count). The Morgan fingerprint density at radius 1 is 1.48 bits per heavy atom. The van der Waals surface area contributed by atoms with Crippen molar-refractivity contribution < 1.29 is 9.21 Å².